The molecule has 6 nitrogen and oxygen atoms in total. The van der Waals surface area contributed by atoms with Crippen LogP contribution < -0.4 is 14.8 Å². The molecule has 7 heteroatoms. The molecule has 3 aromatic rings. The number of aryl methyl sites for hydroxylation is 1. The molecule has 1 amide bonds. The van der Waals surface area contributed by atoms with Gasteiger partial charge in [0.1, 0.15) is 16.4 Å². The molecule has 0 bridgehead atoms. The molecule has 0 aliphatic carbocycles. The Morgan fingerprint density at radius 2 is 1.69 bits per heavy atom. The maximum absolute atomic E-state index is 12.4. The van der Waals surface area contributed by atoms with Crippen molar-refractivity contribution in [1.29, 1.82) is 0 Å². The summed E-state index contributed by atoms with van der Waals surface area (Å²) in [4.78, 5) is 25.9. The number of esters is 1. The van der Waals surface area contributed by atoms with Crippen LogP contribution in [-0.4, -0.2) is 32.7 Å². The molecule has 2 aromatic carbocycles. The molecule has 0 aliphatic heterocycles. The number of hydrogen-bond acceptors (Lipinski definition) is 6. The van der Waals surface area contributed by atoms with Gasteiger partial charge in [-0.15, -0.1) is 11.3 Å². The molecule has 1 aromatic heterocycles. The molecule has 0 radical (unpaired) electrons. The Kier molecular flexibility index (Phi) is 6.51. The number of rotatable bonds is 7. The van der Waals surface area contributed by atoms with E-state index in [1.54, 1.807) is 44.6 Å². The normalized spacial score (nSPS) is 10.3. The zero-order valence-corrected chi connectivity index (χ0v) is 17.2. The van der Waals surface area contributed by atoms with Gasteiger partial charge in [-0.2, -0.15) is 0 Å². The molecule has 0 unspecified atom stereocenters. The molecule has 0 fully saturated rings. The van der Waals surface area contributed by atoms with Crippen LogP contribution >= 0.6 is 11.3 Å². The predicted octanol–water partition coefficient (Wildman–Crippen LogP) is 4.54. The summed E-state index contributed by atoms with van der Waals surface area (Å²) in [6.45, 7) is 1.57. The summed E-state index contributed by atoms with van der Waals surface area (Å²) in [5.41, 5.74) is 2.50. The SMILES string of the molecule is COc1ccc(-c2cc(C(=O)OCC(=O)Nc3cccc(OC)c3)sc2C)cc1. The van der Waals surface area contributed by atoms with Gasteiger partial charge in [0.25, 0.3) is 5.91 Å². The van der Waals surface area contributed by atoms with Crippen molar-refractivity contribution >= 4 is 28.9 Å². The fraction of sp³-hybridized carbons (Fsp3) is 0.182. The number of amides is 1. The predicted molar refractivity (Wildman–Crippen MR) is 113 cm³/mol. The van der Waals surface area contributed by atoms with Crippen LogP contribution in [0.2, 0.25) is 0 Å². The van der Waals surface area contributed by atoms with Crippen LogP contribution in [0.25, 0.3) is 11.1 Å². The van der Waals surface area contributed by atoms with E-state index in [1.807, 2.05) is 31.2 Å². The topological polar surface area (TPSA) is 73.9 Å². The van der Waals surface area contributed by atoms with Crippen LogP contribution in [0.3, 0.4) is 0 Å². The number of hydrogen-bond donors (Lipinski definition) is 1. The molecule has 0 saturated heterocycles. The molecule has 1 heterocycles. The van der Waals surface area contributed by atoms with E-state index in [0.29, 0.717) is 16.3 Å². The van der Waals surface area contributed by atoms with E-state index in [-0.39, 0.29) is 6.61 Å². The lowest BCUT2D eigenvalue weighted by Crippen LogP contribution is -2.20. The first-order valence-corrected chi connectivity index (χ1v) is 9.67. The average molecular weight is 411 g/mol. The largest absolute Gasteiger partial charge is 0.497 e. The molecule has 0 spiro atoms. The van der Waals surface area contributed by atoms with Crippen molar-refractivity contribution < 1.29 is 23.8 Å². The minimum atomic E-state index is -0.529. The molecule has 0 aliphatic rings. The quantitative estimate of drug-likeness (QED) is 0.578. The highest BCUT2D eigenvalue weighted by Gasteiger charge is 2.16. The summed E-state index contributed by atoms with van der Waals surface area (Å²) >= 11 is 1.33. The Morgan fingerprint density at radius 3 is 2.38 bits per heavy atom. The van der Waals surface area contributed by atoms with E-state index >= 15 is 0 Å². The maximum Gasteiger partial charge on any atom is 0.348 e. The summed E-state index contributed by atoms with van der Waals surface area (Å²) in [7, 11) is 3.16. The van der Waals surface area contributed by atoms with Crippen LogP contribution in [0.15, 0.2) is 54.6 Å². The molecule has 150 valence electrons. The second kappa shape index (κ2) is 9.25. The number of carbonyl (C=O) groups is 2. The van der Waals surface area contributed by atoms with E-state index in [2.05, 4.69) is 5.32 Å². The lowest BCUT2D eigenvalue weighted by atomic mass is 10.1. The first-order chi connectivity index (χ1) is 14.0. The summed E-state index contributed by atoms with van der Waals surface area (Å²) in [6, 6.07) is 16.3. The van der Waals surface area contributed by atoms with Gasteiger partial charge in [-0.1, -0.05) is 18.2 Å². The summed E-state index contributed by atoms with van der Waals surface area (Å²) in [5, 5.41) is 2.67. The standard InChI is InChI=1S/C22H21NO5S/c1-14-19(15-7-9-17(26-2)10-8-15)12-20(29-14)22(25)28-13-21(24)23-16-5-4-6-18(11-16)27-3/h4-12H,13H2,1-3H3,(H,23,24). The third-order valence-corrected chi connectivity index (χ3v) is 5.24. The third kappa shape index (κ3) is 5.14. The number of ether oxygens (including phenoxy) is 3. The van der Waals surface area contributed by atoms with Crippen LogP contribution in [0, 0.1) is 6.92 Å². The fourth-order valence-corrected chi connectivity index (χ4v) is 3.68. The maximum atomic E-state index is 12.4. The van der Waals surface area contributed by atoms with Gasteiger partial charge >= 0.3 is 5.97 Å². The Bertz CT molecular complexity index is 1010. The second-order valence-electron chi connectivity index (χ2n) is 6.17. The van der Waals surface area contributed by atoms with Gasteiger partial charge in [-0.05, 0) is 48.4 Å². The second-order valence-corrected chi connectivity index (χ2v) is 7.42. The Balaban J connectivity index is 1.61. The Hall–Kier alpha value is -3.32. The highest BCUT2D eigenvalue weighted by atomic mass is 32.1. The van der Waals surface area contributed by atoms with Crippen molar-refractivity contribution in [3.8, 4) is 22.6 Å². The van der Waals surface area contributed by atoms with Crippen molar-refractivity contribution in [2.24, 2.45) is 0 Å². The molecular formula is C22H21NO5S. The monoisotopic (exact) mass is 411 g/mol. The first kappa shape index (κ1) is 20.4. The zero-order valence-electron chi connectivity index (χ0n) is 16.4. The van der Waals surface area contributed by atoms with Crippen molar-refractivity contribution in [2.45, 2.75) is 6.92 Å². The molecular weight excluding hydrogens is 390 g/mol. The summed E-state index contributed by atoms with van der Waals surface area (Å²) in [5.74, 6) is 0.442. The lowest BCUT2D eigenvalue weighted by molar-refractivity contribution is -0.119. The van der Waals surface area contributed by atoms with E-state index in [0.717, 1.165) is 21.8 Å². The molecule has 3 rings (SSSR count). The van der Waals surface area contributed by atoms with Gasteiger partial charge in [-0.25, -0.2) is 4.79 Å². The summed E-state index contributed by atoms with van der Waals surface area (Å²) < 4.78 is 15.5. The van der Waals surface area contributed by atoms with E-state index < -0.39 is 11.9 Å². The minimum Gasteiger partial charge on any atom is -0.497 e. The highest BCUT2D eigenvalue weighted by Crippen LogP contribution is 2.32. The van der Waals surface area contributed by atoms with Gasteiger partial charge in [0.2, 0.25) is 0 Å². The minimum absolute atomic E-state index is 0.370. The van der Waals surface area contributed by atoms with Crippen molar-refractivity contribution in [3.05, 3.63) is 64.4 Å². The Morgan fingerprint density at radius 1 is 0.966 bits per heavy atom. The first-order valence-electron chi connectivity index (χ1n) is 8.86. The van der Waals surface area contributed by atoms with Crippen LogP contribution in [0.4, 0.5) is 5.69 Å². The van der Waals surface area contributed by atoms with Gasteiger partial charge < -0.3 is 19.5 Å². The number of carbonyl (C=O) groups excluding carboxylic acids is 2. The fourth-order valence-electron chi connectivity index (χ4n) is 2.74. The number of nitrogens with one attached hydrogen (secondary N) is 1. The number of benzene rings is 2. The molecule has 0 saturated carbocycles. The van der Waals surface area contributed by atoms with Gasteiger partial charge in [-0.3, -0.25) is 4.79 Å². The van der Waals surface area contributed by atoms with E-state index in [1.165, 1.54) is 11.3 Å². The third-order valence-electron chi connectivity index (χ3n) is 4.21. The van der Waals surface area contributed by atoms with Crippen LogP contribution in [0.1, 0.15) is 14.5 Å². The smallest absolute Gasteiger partial charge is 0.348 e. The number of thiophene rings is 1. The number of anilines is 1. The molecule has 1 N–H and O–H groups in total. The molecule has 29 heavy (non-hydrogen) atoms. The van der Waals surface area contributed by atoms with E-state index in [9.17, 15) is 9.59 Å². The summed E-state index contributed by atoms with van der Waals surface area (Å²) in [6.07, 6.45) is 0. The van der Waals surface area contributed by atoms with Crippen LogP contribution in [-0.2, 0) is 9.53 Å². The van der Waals surface area contributed by atoms with Crippen molar-refractivity contribution in [1.82, 2.24) is 0 Å². The van der Waals surface area contributed by atoms with Gasteiger partial charge in [0.05, 0.1) is 14.2 Å². The highest BCUT2D eigenvalue weighted by molar-refractivity contribution is 7.14. The van der Waals surface area contributed by atoms with Gasteiger partial charge in [0, 0.05) is 16.6 Å². The Labute approximate surface area is 173 Å². The molecule has 0 atom stereocenters. The lowest BCUT2D eigenvalue weighted by Gasteiger charge is -2.07. The van der Waals surface area contributed by atoms with Crippen LogP contribution in [0.5, 0.6) is 11.5 Å². The van der Waals surface area contributed by atoms with Gasteiger partial charge in [0.15, 0.2) is 6.61 Å². The number of methoxy groups -OCH3 is 2. The van der Waals surface area contributed by atoms with E-state index in [4.69, 9.17) is 14.2 Å². The average Bonchev–Trinajstić information content (AvgIpc) is 3.14. The van der Waals surface area contributed by atoms with Crippen molar-refractivity contribution in [3.63, 3.8) is 0 Å². The zero-order chi connectivity index (χ0) is 20.8. The van der Waals surface area contributed by atoms with Crippen molar-refractivity contribution in [2.75, 3.05) is 26.1 Å².